The molecule has 0 bridgehead atoms. The van der Waals surface area contributed by atoms with Crippen LogP contribution in [0, 0.1) is 6.92 Å². The molecule has 0 heterocycles. The van der Waals surface area contributed by atoms with Crippen LogP contribution in [0.4, 0.5) is 0 Å². The molecule has 12 heavy (non-hydrogen) atoms. The average Bonchev–Trinajstić information content (AvgIpc) is 2.05. The van der Waals surface area contributed by atoms with Gasteiger partial charge in [-0.05, 0) is 25.6 Å². The van der Waals surface area contributed by atoms with E-state index in [0.29, 0.717) is 5.56 Å². The summed E-state index contributed by atoms with van der Waals surface area (Å²) in [4.78, 5) is 0.229. The summed E-state index contributed by atoms with van der Waals surface area (Å²) in [6.07, 6.45) is 0. The van der Waals surface area contributed by atoms with Gasteiger partial charge >= 0.3 is 0 Å². The van der Waals surface area contributed by atoms with Crippen molar-refractivity contribution < 1.29 is 8.42 Å². The van der Waals surface area contributed by atoms with Crippen LogP contribution in [-0.4, -0.2) is 15.5 Å². The Kier molecular flexibility index (Phi) is 2.49. The molecule has 1 rings (SSSR count). The van der Waals surface area contributed by atoms with E-state index in [4.69, 9.17) is 0 Å². The largest absolute Gasteiger partial charge is 0.240 e. The molecule has 3 nitrogen and oxygen atoms in total. The summed E-state index contributed by atoms with van der Waals surface area (Å²) in [5.74, 6) is 0. The van der Waals surface area contributed by atoms with Gasteiger partial charge in [0, 0.05) is 0 Å². The zero-order chi connectivity index (χ0) is 9.19. The molecule has 1 aromatic rings. The van der Waals surface area contributed by atoms with Crippen molar-refractivity contribution in [3.05, 3.63) is 36.8 Å². The molecule has 0 saturated carbocycles. The fourth-order valence-electron chi connectivity index (χ4n) is 0.876. The Morgan fingerprint density at radius 1 is 1.33 bits per heavy atom. The highest BCUT2D eigenvalue weighted by Gasteiger charge is 2.12. The maximum Gasteiger partial charge on any atom is 0.240 e. The van der Waals surface area contributed by atoms with Gasteiger partial charge in [-0.15, -0.1) is 0 Å². The van der Waals surface area contributed by atoms with Crippen LogP contribution in [0.2, 0.25) is 0 Å². The predicted octanol–water partition coefficient (Wildman–Crippen LogP) is 0.777. The monoisotopic (exact) mass is 184 g/mol. The maximum absolute atomic E-state index is 11.3. The molecule has 0 aliphatic carbocycles. The van der Waals surface area contributed by atoms with Crippen LogP contribution in [0.25, 0.3) is 0 Å². The van der Waals surface area contributed by atoms with Crippen molar-refractivity contribution in [1.82, 2.24) is 4.72 Å². The molecule has 4 heteroatoms. The minimum Gasteiger partial charge on any atom is -0.214 e. The van der Waals surface area contributed by atoms with Crippen molar-refractivity contribution in [2.24, 2.45) is 0 Å². The second-order valence-corrected chi connectivity index (χ2v) is 4.17. The van der Waals surface area contributed by atoms with E-state index in [-0.39, 0.29) is 4.90 Å². The van der Waals surface area contributed by atoms with Gasteiger partial charge in [-0.2, -0.15) is 0 Å². The lowest BCUT2D eigenvalue weighted by Crippen LogP contribution is -2.19. The van der Waals surface area contributed by atoms with Crippen molar-refractivity contribution in [3.63, 3.8) is 0 Å². The molecule has 1 radical (unpaired) electrons. The van der Waals surface area contributed by atoms with Gasteiger partial charge in [0.2, 0.25) is 10.0 Å². The van der Waals surface area contributed by atoms with E-state index in [1.165, 1.54) is 13.1 Å². The van der Waals surface area contributed by atoms with E-state index in [9.17, 15) is 8.42 Å². The number of sulfonamides is 1. The Balaban J connectivity index is 3.30. The molecule has 0 aromatic heterocycles. The zero-order valence-electron chi connectivity index (χ0n) is 6.74. The molecular weight excluding hydrogens is 174 g/mol. The Labute approximate surface area is 72.5 Å². The third-order valence-corrected chi connectivity index (χ3v) is 3.05. The number of nitrogens with one attached hydrogen (secondary N) is 1. The number of benzene rings is 1. The Hall–Kier alpha value is -0.870. The third kappa shape index (κ3) is 1.65. The molecule has 0 unspecified atom stereocenters. The van der Waals surface area contributed by atoms with Crippen molar-refractivity contribution in [2.45, 2.75) is 4.90 Å². The molecule has 0 fully saturated rings. The molecule has 65 valence electrons. The van der Waals surface area contributed by atoms with Crippen molar-refractivity contribution in [1.29, 1.82) is 0 Å². The van der Waals surface area contributed by atoms with E-state index < -0.39 is 10.0 Å². The summed E-state index contributed by atoms with van der Waals surface area (Å²) in [6.45, 7) is 3.62. The number of hydrogen-bond donors (Lipinski definition) is 1. The van der Waals surface area contributed by atoms with E-state index in [2.05, 4.69) is 11.6 Å². The second kappa shape index (κ2) is 3.25. The predicted molar refractivity (Wildman–Crippen MR) is 47.1 cm³/mol. The van der Waals surface area contributed by atoms with Crippen LogP contribution in [0.5, 0.6) is 0 Å². The maximum atomic E-state index is 11.3. The van der Waals surface area contributed by atoms with Gasteiger partial charge in [0.15, 0.2) is 0 Å². The van der Waals surface area contributed by atoms with Crippen molar-refractivity contribution in [2.75, 3.05) is 7.05 Å². The Morgan fingerprint density at radius 3 is 2.42 bits per heavy atom. The summed E-state index contributed by atoms with van der Waals surface area (Å²) in [5, 5.41) is 0. The van der Waals surface area contributed by atoms with Gasteiger partial charge in [-0.3, -0.25) is 0 Å². The van der Waals surface area contributed by atoms with E-state index in [0.717, 1.165) is 0 Å². The fourth-order valence-corrected chi connectivity index (χ4v) is 1.77. The summed E-state index contributed by atoms with van der Waals surface area (Å²) in [7, 11) is -1.96. The summed E-state index contributed by atoms with van der Waals surface area (Å²) >= 11 is 0. The quantitative estimate of drug-likeness (QED) is 0.738. The molecule has 0 spiro atoms. The summed E-state index contributed by atoms with van der Waals surface area (Å²) in [5.41, 5.74) is 0.506. The Bertz CT molecular complexity index is 370. The van der Waals surface area contributed by atoms with Crippen molar-refractivity contribution in [3.8, 4) is 0 Å². The highest BCUT2D eigenvalue weighted by molar-refractivity contribution is 7.89. The van der Waals surface area contributed by atoms with Gasteiger partial charge < -0.3 is 0 Å². The van der Waals surface area contributed by atoms with E-state index in [1.54, 1.807) is 18.2 Å². The SMILES string of the molecule is [CH2]c1ccccc1S(=O)(=O)NC. The first-order valence-electron chi connectivity index (χ1n) is 3.42. The van der Waals surface area contributed by atoms with Crippen molar-refractivity contribution >= 4 is 10.0 Å². The molecule has 1 N–H and O–H groups in total. The topological polar surface area (TPSA) is 46.2 Å². The average molecular weight is 184 g/mol. The molecule has 0 atom stereocenters. The number of rotatable bonds is 2. The molecule has 0 saturated heterocycles. The van der Waals surface area contributed by atoms with E-state index >= 15 is 0 Å². The highest BCUT2D eigenvalue weighted by atomic mass is 32.2. The molecular formula is C8H10NO2S. The summed E-state index contributed by atoms with van der Waals surface area (Å²) in [6, 6.07) is 6.59. The fraction of sp³-hybridized carbons (Fsp3) is 0.125. The Morgan fingerprint density at radius 2 is 1.92 bits per heavy atom. The third-order valence-electron chi connectivity index (χ3n) is 1.53. The van der Waals surface area contributed by atoms with Crippen LogP contribution in [-0.2, 0) is 10.0 Å². The first-order valence-corrected chi connectivity index (χ1v) is 4.91. The standard InChI is InChI=1S/C8H10NO2S/c1-7-5-3-4-6-8(7)12(10,11)9-2/h3-6,9H,1H2,2H3. The van der Waals surface area contributed by atoms with Crippen LogP contribution in [0.15, 0.2) is 29.2 Å². The van der Waals surface area contributed by atoms with E-state index in [1.807, 2.05) is 0 Å². The van der Waals surface area contributed by atoms with Gasteiger partial charge in [0.25, 0.3) is 0 Å². The zero-order valence-corrected chi connectivity index (χ0v) is 7.56. The molecule has 0 amide bonds. The first kappa shape index (κ1) is 9.22. The molecule has 1 aromatic carbocycles. The van der Waals surface area contributed by atoms with Crippen LogP contribution in [0.1, 0.15) is 5.56 Å². The molecule has 0 aliphatic heterocycles. The lowest BCUT2D eigenvalue weighted by atomic mass is 10.2. The second-order valence-electron chi connectivity index (χ2n) is 2.32. The van der Waals surface area contributed by atoms with Gasteiger partial charge in [0.1, 0.15) is 0 Å². The lowest BCUT2D eigenvalue weighted by Gasteiger charge is -2.04. The smallest absolute Gasteiger partial charge is 0.214 e. The van der Waals surface area contributed by atoms with Crippen LogP contribution in [0.3, 0.4) is 0 Å². The lowest BCUT2D eigenvalue weighted by molar-refractivity contribution is 0.588. The van der Waals surface area contributed by atoms with Crippen LogP contribution >= 0.6 is 0 Å². The normalized spacial score (nSPS) is 11.5. The minimum atomic E-state index is -3.34. The highest BCUT2D eigenvalue weighted by Crippen LogP contribution is 2.12. The first-order chi connectivity index (χ1) is 5.58. The van der Waals surface area contributed by atoms with Gasteiger partial charge in [-0.25, -0.2) is 13.1 Å². The van der Waals surface area contributed by atoms with Gasteiger partial charge in [0.05, 0.1) is 4.90 Å². The summed E-state index contributed by atoms with van der Waals surface area (Å²) < 4.78 is 24.8. The number of hydrogen-bond acceptors (Lipinski definition) is 2. The minimum absolute atomic E-state index is 0.229. The van der Waals surface area contributed by atoms with Gasteiger partial charge in [-0.1, -0.05) is 18.2 Å². The van der Waals surface area contributed by atoms with Crippen LogP contribution < -0.4 is 4.72 Å². The molecule has 0 aliphatic rings.